The van der Waals surface area contributed by atoms with E-state index >= 15 is 0 Å². The van der Waals surface area contributed by atoms with Gasteiger partial charge in [0.2, 0.25) is 0 Å². The summed E-state index contributed by atoms with van der Waals surface area (Å²) in [6, 6.07) is 0.488. The van der Waals surface area contributed by atoms with Crippen LogP contribution in [0.15, 0.2) is 4.99 Å². The van der Waals surface area contributed by atoms with Crippen molar-refractivity contribution >= 4 is 29.9 Å². The molecule has 1 saturated heterocycles. The van der Waals surface area contributed by atoms with Gasteiger partial charge in [0.05, 0.1) is 0 Å². The first kappa shape index (κ1) is 25.9. The highest BCUT2D eigenvalue weighted by atomic mass is 127. The Balaban J connectivity index is 0.00000625. The van der Waals surface area contributed by atoms with Gasteiger partial charge >= 0.3 is 0 Å². The van der Waals surface area contributed by atoms with Gasteiger partial charge in [-0.2, -0.15) is 0 Å². The third-order valence-corrected chi connectivity index (χ3v) is 4.89. The fraction of sp³-hybridized carbons (Fsp3) is 0.950. The Kier molecular flexibility index (Phi) is 15.9. The van der Waals surface area contributed by atoms with E-state index in [0.29, 0.717) is 6.04 Å². The number of halogens is 1. The number of unbranched alkanes of at least 4 members (excludes halogenated alkanes) is 1. The summed E-state index contributed by atoms with van der Waals surface area (Å²) >= 11 is 0. The summed E-state index contributed by atoms with van der Waals surface area (Å²) in [5, 5.41) is 6.94. The lowest BCUT2D eigenvalue weighted by molar-refractivity contribution is 0.152. The van der Waals surface area contributed by atoms with Crippen LogP contribution in [0.5, 0.6) is 0 Å². The summed E-state index contributed by atoms with van der Waals surface area (Å²) in [7, 11) is 2.21. The maximum absolute atomic E-state index is 4.76. The second kappa shape index (κ2) is 15.9. The molecular formula is C20H44IN5. The van der Waals surface area contributed by atoms with Gasteiger partial charge in [-0.3, -0.25) is 4.99 Å². The molecule has 6 heteroatoms. The van der Waals surface area contributed by atoms with Crippen LogP contribution in [0.2, 0.25) is 0 Å². The van der Waals surface area contributed by atoms with Crippen molar-refractivity contribution < 1.29 is 0 Å². The summed E-state index contributed by atoms with van der Waals surface area (Å²) in [4.78, 5) is 9.76. The predicted molar refractivity (Wildman–Crippen MR) is 126 cm³/mol. The quantitative estimate of drug-likeness (QED) is 0.206. The molecular weight excluding hydrogens is 437 g/mol. The van der Waals surface area contributed by atoms with E-state index in [4.69, 9.17) is 4.99 Å². The zero-order valence-electron chi connectivity index (χ0n) is 17.9. The Bertz CT molecular complexity index is 354. The lowest BCUT2D eigenvalue weighted by Gasteiger charge is -2.32. The first-order valence-corrected chi connectivity index (χ1v) is 10.5. The average Bonchev–Trinajstić information content (AvgIpc) is 2.56. The number of nitrogens with one attached hydrogen (secondary N) is 2. The smallest absolute Gasteiger partial charge is 0.191 e. The first-order chi connectivity index (χ1) is 12.0. The van der Waals surface area contributed by atoms with Crippen LogP contribution in [0.1, 0.15) is 59.8 Å². The van der Waals surface area contributed by atoms with Gasteiger partial charge in [0, 0.05) is 45.3 Å². The van der Waals surface area contributed by atoms with Crippen molar-refractivity contribution in [3.63, 3.8) is 0 Å². The van der Waals surface area contributed by atoms with Crippen LogP contribution in [0.25, 0.3) is 0 Å². The van der Waals surface area contributed by atoms with E-state index in [9.17, 15) is 0 Å². The molecule has 0 spiro atoms. The number of aliphatic imine (C=N–C) groups is 1. The van der Waals surface area contributed by atoms with Crippen molar-refractivity contribution in [3.05, 3.63) is 0 Å². The zero-order valence-corrected chi connectivity index (χ0v) is 20.2. The van der Waals surface area contributed by atoms with Crippen molar-refractivity contribution in [1.29, 1.82) is 0 Å². The number of nitrogens with zero attached hydrogens (tertiary/aromatic N) is 3. The molecule has 1 aliphatic rings. The Morgan fingerprint density at radius 2 is 1.69 bits per heavy atom. The summed E-state index contributed by atoms with van der Waals surface area (Å²) in [6.07, 6.45) is 6.23. The molecule has 5 nitrogen and oxygen atoms in total. The van der Waals surface area contributed by atoms with Crippen LogP contribution in [0.4, 0.5) is 0 Å². The first-order valence-electron chi connectivity index (χ1n) is 10.5. The highest BCUT2D eigenvalue weighted by Gasteiger charge is 2.12. The lowest BCUT2D eigenvalue weighted by atomic mass is 10.0. The Hall–Kier alpha value is -0.0800. The van der Waals surface area contributed by atoms with E-state index in [2.05, 4.69) is 55.2 Å². The number of likely N-dealkylation sites (N-methyl/N-ethyl adjacent to an activating group) is 1. The molecule has 0 amide bonds. The monoisotopic (exact) mass is 481 g/mol. The van der Waals surface area contributed by atoms with E-state index in [0.717, 1.165) is 25.0 Å². The van der Waals surface area contributed by atoms with Gasteiger partial charge < -0.3 is 20.4 Å². The molecule has 1 aliphatic heterocycles. The van der Waals surface area contributed by atoms with Crippen molar-refractivity contribution in [2.24, 2.45) is 10.9 Å². The minimum atomic E-state index is 0. The van der Waals surface area contributed by atoms with Crippen LogP contribution in [-0.2, 0) is 0 Å². The van der Waals surface area contributed by atoms with Gasteiger partial charge in [0.1, 0.15) is 0 Å². The van der Waals surface area contributed by atoms with Crippen molar-refractivity contribution in [2.45, 2.75) is 65.8 Å². The Morgan fingerprint density at radius 1 is 1.00 bits per heavy atom. The fourth-order valence-corrected chi connectivity index (χ4v) is 3.17. The molecule has 1 atom stereocenters. The van der Waals surface area contributed by atoms with E-state index < -0.39 is 0 Å². The molecule has 0 aliphatic carbocycles. The number of rotatable bonds is 11. The molecule has 0 aromatic heterocycles. The number of guanidine groups is 1. The predicted octanol–water partition coefficient (Wildman–Crippen LogP) is 3.40. The van der Waals surface area contributed by atoms with E-state index in [1.807, 2.05) is 0 Å². The molecule has 1 heterocycles. The SMILES string of the molecule is CCNC(=NCCCCN1CCN(C)CC1)NC(C)CCCC(C)C.I. The van der Waals surface area contributed by atoms with Gasteiger partial charge in [-0.15, -0.1) is 24.0 Å². The van der Waals surface area contributed by atoms with Crippen molar-refractivity contribution in [3.8, 4) is 0 Å². The van der Waals surface area contributed by atoms with Gasteiger partial charge in [-0.25, -0.2) is 0 Å². The highest BCUT2D eigenvalue weighted by molar-refractivity contribution is 14.0. The van der Waals surface area contributed by atoms with Gasteiger partial charge in [-0.05, 0) is 52.6 Å². The molecule has 1 fully saturated rings. The molecule has 156 valence electrons. The standard InChI is InChI=1S/C20H43N5.HI/c1-6-21-20(23-19(4)11-9-10-18(2)3)22-12-7-8-13-25-16-14-24(5)15-17-25;/h18-19H,6-17H2,1-5H3,(H2,21,22,23);1H. The second-order valence-electron chi connectivity index (χ2n) is 7.98. The maximum Gasteiger partial charge on any atom is 0.191 e. The number of piperazine rings is 1. The average molecular weight is 482 g/mol. The number of hydrogen-bond donors (Lipinski definition) is 2. The number of hydrogen-bond acceptors (Lipinski definition) is 3. The molecule has 0 aromatic carbocycles. The van der Waals surface area contributed by atoms with Crippen LogP contribution < -0.4 is 10.6 Å². The largest absolute Gasteiger partial charge is 0.357 e. The highest BCUT2D eigenvalue weighted by Crippen LogP contribution is 2.08. The third kappa shape index (κ3) is 13.1. The van der Waals surface area contributed by atoms with Gasteiger partial charge in [-0.1, -0.05) is 26.7 Å². The topological polar surface area (TPSA) is 42.9 Å². The minimum absolute atomic E-state index is 0. The molecule has 2 N–H and O–H groups in total. The Labute approximate surface area is 179 Å². The van der Waals surface area contributed by atoms with Crippen molar-refractivity contribution in [2.75, 3.05) is 52.9 Å². The van der Waals surface area contributed by atoms with E-state index in [1.165, 1.54) is 64.8 Å². The van der Waals surface area contributed by atoms with E-state index in [-0.39, 0.29) is 24.0 Å². The fourth-order valence-electron chi connectivity index (χ4n) is 3.17. The van der Waals surface area contributed by atoms with Crippen LogP contribution >= 0.6 is 24.0 Å². The third-order valence-electron chi connectivity index (χ3n) is 4.89. The zero-order chi connectivity index (χ0) is 18.5. The van der Waals surface area contributed by atoms with E-state index in [1.54, 1.807) is 0 Å². The molecule has 0 bridgehead atoms. The molecule has 1 rings (SSSR count). The summed E-state index contributed by atoms with van der Waals surface area (Å²) in [5.41, 5.74) is 0. The van der Waals surface area contributed by atoms with Crippen LogP contribution in [-0.4, -0.2) is 74.7 Å². The maximum atomic E-state index is 4.76. The summed E-state index contributed by atoms with van der Waals surface area (Å²) in [5.74, 6) is 1.79. The summed E-state index contributed by atoms with van der Waals surface area (Å²) in [6.45, 7) is 16.9. The van der Waals surface area contributed by atoms with Gasteiger partial charge in [0.15, 0.2) is 5.96 Å². The van der Waals surface area contributed by atoms with Crippen LogP contribution in [0.3, 0.4) is 0 Å². The lowest BCUT2D eigenvalue weighted by Crippen LogP contribution is -2.44. The molecule has 0 saturated carbocycles. The minimum Gasteiger partial charge on any atom is -0.357 e. The second-order valence-corrected chi connectivity index (χ2v) is 7.98. The molecule has 0 aromatic rings. The van der Waals surface area contributed by atoms with Crippen LogP contribution in [0, 0.1) is 5.92 Å². The van der Waals surface area contributed by atoms with Gasteiger partial charge in [0.25, 0.3) is 0 Å². The summed E-state index contributed by atoms with van der Waals surface area (Å²) < 4.78 is 0. The Morgan fingerprint density at radius 3 is 2.31 bits per heavy atom. The molecule has 0 radical (unpaired) electrons. The molecule has 26 heavy (non-hydrogen) atoms. The van der Waals surface area contributed by atoms with Crippen molar-refractivity contribution in [1.82, 2.24) is 20.4 Å². The normalized spacial score (nSPS) is 17.8. The molecule has 1 unspecified atom stereocenters.